The lowest BCUT2D eigenvalue weighted by atomic mass is 9.94. The van der Waals surface area contributed by atoms with Crippen LogP contribution in [0.2, 0.25) is 0 Å². The molecule has 3 aromatic heterocycles. The van der Waals surface area contributed by atoms with Crippen molar-refractivity contribution in [1.29, 1.82) is 0 Å². The van der Waals surface area contributed by atoms with E-state index >= 15 is 0 Å². The molecule has 0 N–H and O–H groups in total. The Morgan fingerprint density at radius 1 is 0.311 bits per heavy atom. The Hall–Kier alpha value is -8.21. The summed E-state index contributed by atoms with van der Waals surface area (Å²) >= 11 is 0. The lowest BCUT2D eigenvalue weighted by Crippen LogP contribution is -1.96. The lowest BCUT2D eigenvalue weighted by molar-refractivity contribution is 0.979. The summed E-state index contributed by atoms with van der Waals surface area (Å²) in [5.41, 5.74) is 17.0. The highest BCUT2D eigenvalue weighted by Crippen LogP contribution is 2.42. The van der Waals surface area contributed by atoms with Crippen LogP contribution in [0.1, 0.15) is 0 Å². The van der Waals surface area contributed by atoms with Gasteiger partial charge < -0.3 is 0 Å². The van der Waals surface area contributed by atoms with Gasteiger partial charge >= 0.3 is 0 Å². The fourth-order valence-electron chi connectivity index (χ4n) is 8.39. The smallest absolute Gasteiger partial charge is 0.160 e. The van der Waals surface area contributed by atoms with E-state index in [1.165, 1.54) is 0 Å². The Labute approximate surface area is 354 Å². The average molecular weight is 779 g/mol. The van der Waals surface area contributed by atoms with Crippen molar-refractivity contribution in [3.8, 4) is 89.8 Å². The van der Waals surface area contributed by atoms with E-state index in [4.69, 9.17) is 15.1 Å². The minimum Gasteiger partial charge on any atom is -0.231 e. The van der Waals surface area contributed by atoms with Gasteiger partial charge in [-0.3, -0.25) is 0 Å². The third kappa shape index (κ3) is 6.86. The zero-order valence-corrected chi connectivity index (χ0v) is 33.2. The third-order valence-electron chi connectivity index (χ3n) is 11.4. The molecule has 0 aliphatic rings. The number of rotatable bonds is 8. The normalized spacial score (nSPS) is 11.3. The van der Waals surface area contributed by atoms with Gasteiger partial charge in [-0.15, -0.1) is 0 Å². The van der Waals surface area contributed by atoms with Crippen LogP contribution in [0.4, 0.5) is 0 Å². The van der Waals surface area contributed by atoms with E-state index < -0.39 is 0 Å². The van der Waals surface area contributed by atoms with Crippen LogP contribution in [0.15, 0.2) is 231 Å². The van der Waals surface area contributed by atoms with Gasteiger partial charge in [0.05, 0.1) is 22.6 Å². The number of aromatic nitrogens is 4. The van der Waals surface area contributed by atoms with Crippen LogP contribution in [-0.2, 0) is 0 Å². The first-order valence-electron chi connectivity index (χ1n) is 20.6. The molecule has 4 heteroatoms. The molecule has 61 heavy (non-hydrogen) atoms. The Balaban J connectivity index is 1.01. The average Bonchev–Trinajstić information content (AvgIpc) is 3.76. The highest BCUT2D eigenvalue weighted by atomic mass is 15.2. The van der Waals surface area contributed by atoms with Crippen LogP contribution in [0.25, 0.3) is 106 Å². The van der Waals surface area contributed by atoms with Crippen molar-refractivity contribution < 1.29 is 0 Å². The molecule has 0 aliphatic heterocycles. The first-order valence-corrected chi connectivity index (χ1v) is 20.6. The number of benzene rings is 8. The molecule has 4 nitrogen and oxygen atoms in total. The molecule has 286 valence electrons. The molecule has 0 radical (unpaired) electrons. The molecule has 0 unspecified atom stereocenters. The summed E-state index contributed by atoms with van der Waals surface area (Å²) in [7, 11) is 0. The number of nitrogens with zero attached hydrogens (tertiary/aromatic N) is 4. The van der Waals surface area contributed by atoms with Crippen LogP contribution in [-0.4, -0.2) is 19.6 Å². The molecule has 0 fully saturated rings. The number of pyridine rings is 1. The summed E-state index contributed by atoms with van der Waals surface area (Å²) in [6.07, 6.45) is 0. The summed E-state index contributed by atoms with van der Waals surface area (Å²) in [4.78, 5) is 10.1. The predicted molar refractivity (Wildman–Crippen MR) is 252 cm³/mol. The molecular weight excluding hydrogens is 741 g/mol. The molecule has 11 aromatic rings. The van der Waals surface area contributed by atoms with Gasteiger partial charge in [-0.2, -0.15) is 5.10 Å². The predicted octanol–water partition coefficient (Wildman–Crippen LogP) is 14.6. The Morgan fingerprint density at radius 2 is 0.787 bits per heavy atom. The lowest BCUT2D eigenvalue weighted by Gasteiger charge is -2.13. The van der Waals surface area contributed by atoms with Crippen molar-refractivity contribution in [3.63, 3.8) is 0 Å². The van der Waals surface area contributed by atoms with E-state index in [-0.39, 0.29) is 0 Å². The van der Waals surface area contributed by atoms with Crippen molar-refractivity contribution in [3.05, 3.63) is 231 Å². The topological polar surface area (TPSA) is 43.1 Å². The summed E-state index contributed by atoms with van der Waals surface area (Å²) < 4.78 is 2.16. The van der Waals surface area contributed by atoms with E-state index in [0.717, 1.165) is 100 Å². The quantitative estimate of drug-likeness (QED) is 0.154. The number of fused-ring (bicyclic) bond motifs is 3. The summed E-state index contributed by atoms with van der Waals surface area (Å²) in [5.74, 6) is 0.707. The van der Waals surface area contributed by atoms with Crippen LogP contribution < -0.4 is 0 Å². The summed E-state index contributed by atoms with van der Waals surface area (Å²) in [6.45, 7) is 0. The fourth-order valence-corrected chi connectivity index (χ4v) is 8.39. The third-order valence-corrected chi connectivity index (χ3v) is 11.4. The molecule has 0 spiro atoms. The maximum Gasteiger partial charge on any atom is 0.160 e. The minimum atomic E-state index is 0.707. The molecule has 11 rings (SSSR count). The first kappa shape index (κ1) is 35.9. The van der Waals surface area contributed by atoms with Gasteiger partial charge in [0.25, 0.3) is 0 Å². The second kappa shape index (κ2) is 15.5. The number of hydrogen-bond donors (Lipinski definition) is 0. The van der Waals surface area contributed by atoms with Crippen molar-refractivity contribution >= 4 is 16.3 Å². The number of hydrogen-bond acceptors (Lipinski definition) is 3. The monoisotopic (exact) mass is 778 g/mol. The van der Waals surface area contributed by atoms with E-state index in [1.807, 2.05) is 36.4 Å². The maximum absolute atomic E-state index is 5.41. The Bertz CT molecular complexity index is 3250. The van der Waals surface area contributed by atoms with Crippen molar-refractivity contribution in [1.82, 2.24) is 19.6 Å². The molecule has 0 atom stereocenters. The summed E-state index contributed by atoms with van der Waals surface area (Å²) in [6, 6.07) is 81.0. The van der Waals surface area contributed by atoms with E-state index in [2.05, 4.69) is 199 Å². The molecule has 0 bridgehead atoms. The fraction of sp³-hybridized carbons (Fsp3) is 0. The van der Waals surface area contributed by atoms with Gasteiger partial charge in [0.1, 0.15) is 5.69 Å². The van der Waals surface area contributed by atoms with Gasteiger partial charge in [0, 0.05) is 38.8 Å². The van der Waals surface area contributed by atoms with Crippen molar-refractivity contribution in [2.75, 3.05) is 0 Å². The van der Waals surface area contributed by atoms with Crippen molar-refractivity contribution in [2.45, 2.75) is 0 Å². The van der Waals surface area contributed by atoms with Crippen LogP contribution >= 0.6 is 0 Å². The SMILES string of the molecule is c1ccc(-c2cc(-c3cccc(-c4ccc(-c5ccc6cc(-c7ccccc7)n7nc(-c8ccccc8)c(-c8ccccc8)c7c6c5)cc4)c3)nc(-c3ccccc3)n2)cc1. The van der Waals surface area contributed by atoms with Gasteiger partial charge in [-0.1, -0.05) is 206 Å². The molecule has 3 heterocycles. The first-order chi connectivity index (χ1) is 30.2. The van der Waals surface area contributed by atoms with Crippen LogP contribution in [0.5, 0.6) is 0 Å². The molecule has 0 amide bonds. The summed E-state index contributed by atoms with van der Waals surface area (Å²) in [5, 5.41) is 7.72. The van der Waals surface area contributed by atoms with Gasteiger partial charge in [-0.25, -0.2) is 14.5 Å². The second-order valence-electron chi connectivity index (χ2n) is 15.3. The molecule has 8 aromatic carbocycles. The van der Waals surface area contributed by atoms with Gasteiger partial charge in [0.2, 0.25) is 0 Å². The van der Waals surface area contributed by atoms with Crippen molar-refractivity contribution in [2.24, 2.45) is 0 Å². The maximum atomic E-state index is 5.41. The molecule has 0 saturated heterocycles. The Kier molecular flexibility index (Phi) is 9.14. The van der Waals surface area contributed by atoms with Crippen LogP contribution in [0, 0.1) is 0 Å². The zero-order valence-electron chi connectivity index (χ0n) is 33.2. The Morgan fingerprint density at radius 3 is 1.41 bits per heavy atom. The minimum absolute atomic E-state index is 0.707. The highest BCUT2D eigenvalue weighted by Gasteiger charge is 2.22. The van der Waals surface area contributed by atoms with Gasteiger partial charge in [0.15, 0.2) is 5.82 Å². The molecule has 0 aliphatic carbocycles. The van der Waals surface area contributed by atoms with E-state index in [1.54, 1.807) is 0 Å². The largest absolute Gasteiger partial charge is 0.231 e. The second-order valence-corrected chi connectivity index (χ2v) is 15.3. The van der Waals surface area contributed by atoms with Crippen LogP contribution in [0.3, 0.4) is 0 Å². The standard InChI is InChI=1S/C57H38N4/c1-6-17-41(18-7-1)51-38-52(59-57(58-51)45-25-14-5-15-26-45)49-28-16-27-46(35-49)39-29-31-40(32-30-39)47-33-34-48-37-53(42-19-8-2-9-20-42)61-56(50(48)36-47)54(43-21-10-3-11-22-43)55(60-61)44-23-12-4-13-24-44/h1-38H. The molecule has 0 saturated carbocycles. The highest BCUT2D eigenvalue weighted by molar-refractivity contribution is 6.09. The molecular formula is C57H38N4. The van der Waals surface area contributed by atoms with E-state index in [9.17, 15) is 0 Å². The van der Waals surface area contributed by atoms with Gasteiger partial charge in [-0.05, 0) is 57.5 Å². The van der Waals surface area contributed by atoms with E-state index in [0.29, 0.717) is 5.82 Å². The zero-order chi connectivity index (χ0) is 40.5.